The normalized spacial score (nSPS) is 20.4. The second kappa shape index (κ2) is 8.20. The number of hydrogen-bond acceptors (Lipinski definition) is 5. The molecule has 1 aliphatic rings. The molecule has 0 spiro atoms. The average Bonchev–Trinajstić information content (AvgIpc) is 2.66. The van der Waals surface area contributed by atoms with Crippen molar-refractivity contribution in [1.82, 2.24) is 4.31 Å². The van der Waals surface area contributed by atoms with Crippen molar-refractivity contribution in [3.63, 3.8) is 0 Å². The standard InChI is InChI=1S/C20H17F2NO4S/c1-11-18(26)19(27)20(12-5-3-2-4-6-12)28-23(11)10-14-8-15(21)13(7-16(14)22)9-17(24)25/h2-8,11,20H,9-10H2,1H3,(H,24,25). The summed E-state index contributed by atoms with van der Waals surface area (Å²) in [7, 11) is 0. The number of carboxylic acid groups (broad SMARTS) is 1. The third kappa shape index (κ3) is 4.13. The Morgan fingerprint density at radius 3 is 2.32 bits per heavy atom. The molecule has 146 valence electrons. The van der Waals surface area contributed by atoms with Crippen LogP contribution in [0.4, 0.5) is 8.78 Å². The number of halogens is 2. The molecule has 1 saturated heterocycles. The fourth-order valence-corrected chi connectivity index (χ4v) is 4.22. The van der Waals surface area contributed by atoms with Gasteiger partial charge in [-0.25, -0.2) is 13.1 Å². The van der Waals surface area contributed by atoms with E-state index in [4.69, 9.17) is 5.11 Å². The zero-order valence-corrected chi connectivity index (χ0v) is 15.7. The highest BCUT2D eigenvalue weighted by atomic mass is 32.2. The number of carbonyl (C=O) groups is 3. The maximum absolute atomic E-state index is 14.4. The quantitative estimate of drug-likeness (QED) is 0.608. The smallest absolute Gasteiger partial charge is 0.307 e. The van der Waals surface area contributed by atoms with E-state index in [0.717, 1.165) is 24.1 Å². The summed E-state index contributed by atoms with van der Waals surface area (Å²) in [6, 6.07) is 9.78. The molecule has 0 amide bonds. The molecule has 2 atom stereocenters. The molecular weight excluding hydrogens is 388 g/mol. The van der Waals surface area contributed by atoms with Crippen LogP contribution in [-0.4, -0.2) is 33.0 Å². The largest absolute Gasteiger partial charge is 0.481 e. The molecule has 0 saturated carbocycles. The second-order valence-corrected chi connectivity index (χ2v) is 7.63. The lowest BCUT2D eigenvalue weighted by atomic mass is 10.0. The highest BCUT2D eigenvalue weighted by Gasteiger charge is 2.41. The Balaban J connectivity index is 1.86. The van der Waals surface area contributed by atoms with Gasteiger partial charge < -0.3 is 5.11 Å². The van der Waals surface area contributed by atoms with Crippen molar-refractivity contribution in [2.24, 2.45) is 0 Å². The lowest BCUT2D eigenvalue weighted by Gasteiger charge is -2.35. The van der Waals surface area contributed by atoms with Crippen molar-refractivity contribution in [1.29, 1.82) is 0 Å². The maximum Gasteiger partial charge on any atom is 0.307 e. The molecule has 2 aromatic rings. The van der Waals surface area contributed by atoms with Gasteiger partial charge in [0.1, 0.15) is 16.9 Å². The van der Waals surface area contributed by atoms with E-state index >= 15 is 0 Å². The summed E-state index contributed by atoms with van der Waals surface area (Å²) in [5.74, 6) is -3.96. The van der Waals surface area contributed by atoms with Crippen LogP contribution in [0.3, 0.4) is 0 Å². The summed E-state index contributed by atoms with van der Waals surface area (Å²) in [6.07, 6.45) is -0.624. The van der Waals surface area contributed by atoms with Gasteiger partial charge in [-0.3, -0.25) is 14.4 Å². The van der Waals surface area contributed by atoms with Crippen LogP contribution >= 0.6 is 11.9 Å². The van der Waals surface area contributed by atoms with Crippen molar-refractivity contribution in [3.8, 4) is 0 Å². The third-order valence-corrected chi connectivity index (χ3v) is 5.93. The summed E-state index contributed by atoms with van der Waals surface area (Å²) in [4.78, 5) is 35.6. The first-order chi connectivity index (χ1) is 13.3. The summed E-state index contributed by atoms with van der Waals surface area (Å²) < 4.78 is 30.1. The molecule has 1 N–H and O–H groups in total. The minimum Gasteiger partial charge on any atom is -0.481 e. The van der Waals surface area contributed by atoms with E-state index in [-0.39, 0.29) is 17.7 Å². The van der Waals surface area contributed by atoms with E-state index in [0.29, 0.717) is 5.56 Å². The molecule has 2 aromatic carbocycles. The number of benzene rings is 2. The number of carbonyl (C=O) groups excluding carboxylic acids is 2. The van der Waals surface area contributed by atoms with Crippen LogP contribution in [0.5, 0.6) is 0 Å². The molecule has 0 bridgehead atoms. The second-order valence-electron chi connectivity index (χ2n) is 6.48. The minimum absolute atomic E-state index is 0.0139. The molecule has 0 radical (unpaired) electrons. The number of rotatable bonds is 5. The van der Waals surface area contributed by atoms with Gasteiger partial charge in [0.15, 0.2) is 0 Å². The van der Waals surface area contributed by atoms with Crippen LogP contribution in [0.2, 0.25) is 0 Å². The fourth-order valence-electron chi connectivity index (χ4n) is 2.97. The highest BCUT2D eigenvalue weighted by molar-refractivity contribution is 7.98. The van der Waals surface area contributed by atoms with Gasteiger partial charge in [0.2, 0.25) is 11.6 Å². The minimum atomic E-state index is -1.26. The Kier molecular flexibility index (Phi) is 5.90. The predicted octanol–water partition coefficient (Wildman–Crippen LogP) is 3.32. The Labute approximate surface area is 164 Å². The van der Waals surface area contributed by atoms with Crippen molar-refractivity contribution in [3.05, 3.63) is 70.8 Å². The first kappa shape index (κ1) is 20.2. The molecule has 1 fully saturated rings. The van der Waals surface area contributed by atoms with E-state index in [1.807, 2.05) is 0 Å². The summed E-state index contributed by atoms with van der Waals surface area (Å²) in [5, 5.41) is 8.02. The highest BCUT2D eigenvalue weighted by Crippen LogP contribution is 2.40. The topological polar surface area (TPSA) is 74.7 Å². The van der Waals surface area contributed by atoms with Crippen LogP contribution in [0.25, 0.3) is 0 Å². The average molecular weight is 405 g/mol. The molecule has 8 heteroatoms. The molecular formula is C20H17F2NO4S. The van der Waals surface area contributed by atoms with Gasteiger partial charge in [0.25, 0.3) is 0 Å². The van der Waals surface area contributed by atoms with Crippen LogP contribution in [0.1, 0.15) is 28.9 Å². The molecule has 5 nitrogen and oxygen atoms in total. The summed E-state index contributed by atoms with van der Waals surface area (Å²) in [6.45, 7) is 1.44. The summed E-state index contributed by atoms with van der Waals surface area (Å²) >= 11 is 1.11. The van der Waals surface area contributed by atoms with Gasteiger partial charge in [0.05, 0.1) is 12.5 Å². The Morgan fingerprint density at radius 2 is 1.68 bits per heavy atom. The summed E-state index contributed by atoms with van der Waals surface area (Å²) in [5.41, 5.74) is 0.396. The number of carboxylic acids is 1. The van der Waals surface area contributed by atoms with Gasteiger partial charge in [-0.1, -0.05) is 42.3 Å². The SMILES string of the molecule is CC1C(=O)C(=O)C(c2ccccc2)SN1Cc1cc(F)c(CC(=O)O)cc1F. The third-order valence-electron chi connectivity index (χ3n) is 4.52. The van der Waals surface area contributed by atoms with Crippen molar-refractivity contribution < 1.29 is 28.3 Å². The molecule has 3 rings (SSSR count). The zero-order chi connectivity index (χ0) is 20.4. The molecule has 28 heavy (non-hydrogen) atoms. The first-order valence-electron chi connectivity index (χ1n) is 8.53. The van der Waals surface area contributed by atoms with E-state index in [2.05, 4.69) is 0 Å². The first-order valence-corrected chi connectivity index (χ1v) is 9.36. The van der Waals surface area contributed by atoms with E-state index in [9.17, 15) is 23.2 Å². The van der Waals surface area contributed by atoms with Gasteiger partial charge in [0, 0.05) is 17.7 Å². The number of ketones is 2. The lowest BCUT2D eigenvalue weighted by Crippen LogP contribution is -2.45. The van der Waals surface area contributed by atoms with Crippen LogP contribution in [0, 0.1) is 11.6 Å². The van der Waals surface area contributed by atoms with E-state index in [1.165, 1.54) is 0 Å². The zero-order valence-electron chi connectivity index (χ0n) is 14.9. The fraction of sp³-hybridized carbons (Fsp3) is 0.250. The number of hydrogen-bond donors (Lipinski definition) is 1. The monoisotopic (exact) mass is 405 g/mol. The lowest BCUT2D eigenvalue weighted by molar-refractivity contribution is -0.139. The molecule has 1 aliphatic heterocycles. The molecule has 0 aromatic heterocycles. The number of nitrogens with zero attached hydrogens (tertiary/aromatic N) is 1. The molecule has 2 unspecified atom stereocenters. The van der Waals surface area contributed by atoms with Crippen LogP contribution < -0.4 is 0 Å². The van der Waals surface area contributed by atoms with E-state index in [1.54, 1.807) is 41.6 Å². The van der Waals surface area contributed by atoms with E-state index < -0.39 is 46.9 Å². The van der Waals surface area contributed by atoms with Crippen LogP contribution in [0.15, 0.2) is 42.5 Å². The Morgan fingerprint density at radius 1 is 1.07 bits per heavy atom. The van der Waals surface area contributed by atoms with Gasteiger partial charge in [-0.2, -0.15) is 0 Å². The van der Waals surface area contributed by atoms with Gasteiger partial charge in [-0.05, 0) is 24.6 Å². The van der Waals surface area contributed by atoms with Gasteiger partial charge >= 0.3 is 5.97 Å². The number of Topliss-reactive ketones (excluding diaryl/α,β-unsaturated/α-hetero) is 2. The van der Waals surface area contributed by atoms with Crippen LogP contribution in [-0.2, 0) is 27.3 Å². The number of aliphatic carboxylic acids is 1. The molecule has 1 heterocycles. The van der Waals surface area contributed by atoms with Crippen molar-refractivity contribution >= 4 is 29.5 Å². The molecule has 0 aliphatic carbocycles. The Hall–Kier alpha value is -2.58. The van der Waals surface area contributed by atoms with Crippen molar-refractivity contribution in [2.45, 2.75) is 31.2 Å². The predicted molar refractivity (Wildman–Crippen MR) is 99.5 cm³/mol. The van der Waals surface area contributed by atoms with Gasteiger partial charge in [-0.15, -0.1) is 0 Å². The van der Waals surface area contributed by atoms with Crippen molar-refractivity contribution in [2.75, 3.05) is 0 Å². The maximum atomic E-state index is 14.4. The Bertz CT molecular complexity index is 935.